The predicted octanol–water partition coefficient (Wildman–Crippen LogP) is 1.47. The molecule has 0 amide bonds. The lowest BCUT2D eigenvalue weighted by Gasteiger charge is -2.41. The third-order valence-corrected chi connectivity index (χ3v) is 4.53. The highest BCUT2D eigenvalue weighted by Gasteiger charge is 2.43. The lowest BCUT2D eigenvalue weighted by molar-refractivity contribution is 0.0193. The van der Waals surface area contributed by atoms with Crippen LogP contribution in [0.3, 0.4) is 0 Å². The van der Waals surface area contributed by atoms with Gasteiger partial charge in [-0.25, -0.2) is 0 Å². The summed E-state index contributed by atoms with van der Waals surface area (Å²) in [5.74, 6) is 1.54. The van der Waals surface area contributed by atoms with Crippen molar-refractivity contribution in [3.63, 3.8) is 0 Å². The molecule has 3 nitrogen and oxygen atoms in total. The van der Waals surface area contributed by atoms with E-state index < -0.39 is 0 Å². The van der Waals surface area contributed by atoms with Gasteiger partial charge >= 0.3 is 0 Å². The summed E-state index contributed by atoms with van der Waals surface area (Å²) in [4.78, 5) is 2.49. The van der Waals surface area contributed by atoms with Gasteiger partial charge in [0.05, 0.1) is 6.61 Å². The summed E-state index contributed by atoms with van der Waals surface area (Å²) < 4.78 is 5.55. The molecule has 94 valence electrons. The summed E-state index contributed by atoms with van der Waals surface area (Å²) in [5.41, 5.74) is 6.20. The molecule has 0 bridgehead atoms. The van der Waals surface area contributed by atoms with E-state index in [2.05, 4.69) is 18.9 Å². The average Bonchev–Trinajstić information content (AvgIpc) is 3.13. The first-order chi connectivity index (χ1) is 7.66. The molecule has 0 aromatic carbocycles. The van der Waals surface area contributed by atoms with Gasteiger partial charge in [0.25, 0.3) is 0 Å². The van der Waals surface area contributed by atoms with Gasteiger partial charge < -0.3 is 10.5 Å². The number of ether oxygens (including phenoxy) is 1. The second kappa shape index (κ2) is 5.03. The van der Waals surface area contributed by atoms with Gasteiger partial charge in [-0.1, -0.05) is 0 Å². The zero-order chi connectivity index (χ0) is 11.6. The van der Waals surface area contributed by atoms with Gasteiger partial charge in [-0.05, 0) is 51.5 Å². The van der Waals surface area contributed by atoms with Crippen LogP contribution >= 0.6 is 0 Å². The first-order valence-electron chi connectivity index (χ1n) is 6.66. The van der Waals surface area contributed by atoms with Crippen LogP contribution in [0.2, 0.25) is 0 Å². The Bertz CT molecular complexity index is 224. The summed E-state index contributed by atoms with van der Waals surface area (Å²) in [6.07, 6.45) is 5.26. The maximum Gasteiger partial charge on any atom is 0.0506 e. The molecule has 2 unspecified atom stereocenters. The second-order valence-corrected chi connectivity index (χ2v) is 5.80. The average molecular weight is 226 g/mol. The maximum absolute atomic E-state index is 5.98. The van der Waals surface area contributed by atoms with Crippen molar-refractivity contribution in [3.8, 4) is 0 Å². The van der Waals surface area contributed by atoms with Crippen molar-refractivity contribution in [1.82, 2.24) is 4.90 Å². The van der Waals surface area contributed by atoms with Crippen LogP contribution in [0.15, 0.2) is 0 Å². The molecular weight excluding hydrogens is 200 g/mol. The van der Waals surface area contributed by atoms with Crippen LogP contribution in [0.1, 0.15) is 32.6 Å². The van der Waals surface area contributed by atoms with E-state index in [1.807, 2.05) is 0 Å². The lowest BCUT2D eigenvalue weighted by atomic mass is 9.91. The normalized spacial score (nSPS) is 30.4. The Balaban J connectivity index is 1.87. The van der Waals surface area contributed by atoms with Crippen molar-refractivity contribution < 1.29 is 4.74 Å². The fraction of sp³-hybridized carbons (Fsp3) is 1.00. The largest absolute Gasteiger partial charge is 0.381 e. The minimum absolute atomic E-state index is 0.220. The number of likely N-dealkylation sites (N-methyl/N-ethyl adjacent to an activating group) is 1. The third kappa shape index (κ3) is 2.58. The van der Waals surface area contributed by atoms with Crippen LogP contribution in [-0.2, 0) is 4.74 Å². The van der Waals surface area contributed by atoms with Crippen LogP contribution < -0.4 is 5.73 Å². The minimum atomic E-state index is 0.220. The summed E-state index contributed by atoms with van der Waals surface area (Å²) >= 11 is 0. The van der Waals surface area contributed by atoms with Crippen LogP contribution in [0.4, 0.5) is 0 Å². The summed E-state index contributed by atoms with van der Waals surface area (Å²) in [5, 5.41) is 0. The molecular formula is C13H26N2O. The molecule has 2 N–H and O–H groups in total. The smallest absolute Gasteiger partial charge is 0.0506 e. The number of hydrogen-bond donors (Lipinski definition) is 1. The summed E-state index contributed by atoms with van der Waals surface area (Å²) in [6.45, 7) is 6.15. The Labute approximate surface area is 99.3 Å². The van der Waals surface area contributed by atoms with E-state index in [1.54, 1.807) is 0 Å². The summed E-state index contributed by atoms with van der Waals surface area (Å²) in [6, 6.07) is 0. The second-order valence-electron chi connectivity index (χ2n) is 5.80. The molecule has 2 aliphatic rings. The number of rotatable bonds is 5. The molecule has 2 rings (SSSR count). The predicted molar refractivity (Wildman–Crippen MR) is 66.4 cm³/mol. The quantitative estimate of drug-likeness (QED) is 0.771. The molecule has 2 atom stereocenters. The maximum atomic E-state index is 5.98. The van der Waals surface area contributed by atoms with E-state index in [9.17, 15) is 0 Å². The highest BCUT2D eigenvalue weighted by atomic mass is 16.5. The van der Waals surface area contributed by atoms with E-state index in [1.165, 1.54) is 25.7 Å². The number of nitrogens with zero attached hydrogens (tertiary/aromatic N) is 1. The Kier molecular flexibility index (Phi) is 3.88. The van der Waals surface area contributed by atoms with E-state index in [4.69, 9.17) is 10.5 Å². The topological polar surface area (TPSA) is 38.5 Å². The standard InChI is InChI=1S/C13H26N2O/c1-13(10-14,12-5-6-12)15(2)8-11-4-3-7-16-9-11/h11-12H,3-10,14H2,1-2H3. The third-order valence-electron chi connectivity index (χ3n) is 4.53. The molecule has 1 heterocycles. The molecule has 0 radical (unpaired) electrons. The van der Waals surface area contributed by atoms with Gasteiger partial charge in [0.2, 0.25) is 0 Å². The fourth-order valence-corrected chi connectivity index (χ4v) is 2.89. The van der Waals surface area contributed by atoms with Crippen LogP contribution in [0.25, 0.3) is 0 Å². The highest BCUT2D eigenvalue weighted by Crippen LogP contribution is 2.42. The van der Waals surface area contributed by atoms with Crippen LogP contribution in [0, 0.1) is 11.8 Å². The van der Waals surface area contributed by atoms with Gasteiger partial charge in [0, 0.05) is 25.2 Å². The van der Waals surface area contributed by atoms with E-state index in [-0.39, 0.29) is 5.54 Å². The first-order valence-corrected chi connectivity index (χ1v) is 6.66. The molecule has 1 aliphatic carbocycles. The monoisotopic (exact) mass is 226 g/mol. The molecule has 16 heavy (non-hydrogen) atoms. The Morgan fingerprint density at radius 3 is 2.62 bits per heavy atom. The van der Waals surface area contributed by atoms with Gasteiger partial charge in [0.15, 0.2) is 0 Å². The SMILES string of the molecule is CN(CC1CCCOC1)C(C)(CN)C1CC1. The van der Waals surface area contributed by atoms with E-state index in [0.29, 0.717) is 5.92 Å². The zero-order valence-corrected chi connectivity index (χ0v) is 10.7. The van der Waals surface area contributed by atoms with Crippen molar-refractivity contribution in [2.24, 2.45) is 17.6 Å². The lowest BCUT2D eigenvalue weighted by Crippen LogP contribution is -2.53. The van der Waals surface area contributed by atoms with Crippen molar-refractivity contribution in [2.75, 3.05) is 33.4 Å². The van der Waals surface area contributed by atoms with Gasteiger partial charge in [-0.3, -0.25) is 4.90 Å². The Morgan fingerprint density at radius 1 is 1.38 bits per heavy atom. The van der Waals surface area contributed by atoms with Crippen LogP contribution in [0.5, 0.6) is 0 Å². The van der Waals surface area contributed by atoms with Crippen LogP contribution in [-0.4, -0.2) is 43.8 Å². The molecule has 3 heteroatoms. The molecule has 0 spiro atoms. The van der Waals surface area contributed by atoms with Gasteiger partial charge in [-0.15, -0.1) is 0 Å². The molecule has 0 aromatic rings. The molecule has 1 saturated carbocycles. The fourth-order valence-electron chi connectivity index (χ4n) is 2.89. The molecule has 1 aliphatic heterocycles. The van der Waals surface area contributed by atoms with Crippen molar-refractivity contribution in [1.29, 1.82) is 0 Å². The van der Waals surface area contributed by atoms with Crippen molar-refractivity contribution >= 4 is 0 Å². The Morgan fingerprint density at radius 2 is 2.12 bits per heavy atom. The first kappa shape index (κ1) is 12.3. The molecule has 0 aromatic heterocycles. The minimum Gasteiger partial charge on any atom is -0.381 e. The van der Waals surface area contributed by atoms with Crippen molar-refractivity contribution in [2.45, 2.75) is 38.1 Å². The number of nitrogens with two attached hydrogens (primary N) is 1. The zero-order valence-electron chi connectivity index (χ0n) is 10.7. The van der Waals surface area contributed by atoms with Gasteiger partial charge in [0.1, 0.15) is 0 Å². The molecule has 1 saturated heterocycles. The summed E-state index contributed by atoms with van der Waals surface area (Å²) in [7, 11) is 2.24. The van der Waals surface area contributed by atoms with E-state index >= 15 is 0 Å². The Hall–Kier alpha value is -0.120. The highest BCUT2D eigenvalue weighted by molar-refractivity contribution is 4.99. The van der Waals surface area contributed by atoms with E-state index in [0.717, 1.165) is 32.2 Å². The van der Waals surface area contributed by atoms with Crippen molar-refractivity contribution in [3.05, 3.63) is 0 Å². The molecule has 2 fully saturated rings. The van der Waals surface area contributed by atoms with Gasteiger partial charge in [-0.2, -0.15) is 0 Å². The number of hydrogen-bond acceptors (Lipinski definition) is 3.